The number of amides is 5. The molecule has 26 nitrogen and oxygen atoms in total. The van der Waals surface area contributed by atoms with E-state index in [1.54, 1.807) is 63.4 Å². The summed E-state index contributed by atoms with van der Waals surface area (Å²) in [6.45, 7) is 16.8. The van der Waals surface area contributed by atoms with E-state index in [9.17, 15) is 40.8 Å². The molecule has 2 aromatic heterocycles. The minimum absolute atomic E-state index is 0.0293. The van der Waals surface area contributed by atoms with Gasteiger partial charge in [0.15, 0.2) is 24.8 Å². The molecule has 2 fully saturated rings. The molecule has 5 amide bonds. The third-order valence-corrected chi connectivity index (χ3v) is 18.1. The number of hydrazine groups is 2. The molecule has 8 rings (SSSR count). The first-order valence-electron chi connectivity index (χ1n) is 29.7. The zero-order valence-electron chi connectivity index (χ0n) is 51.0. The second kappa shape index (κ2) is 32.6. The molecule has 4 aromatic carbocycles. The van der Waals surface area contributed by atoms with Crippen molar-refractivity contribution in [2.75, 3.05) is 110 Å². The average Bonchev–Trinajstić information content (AvgIpc) is 0.972. The minimum Gasteiger partial charge on any atom is -0.379 e. The van der Waals surface area contributed by atoms with Gasteiger partial charge in [-0.2, -0.15) is 0 Å². The van der Waals surface area contributed by atoms with Crippen molar-refractivity contribution in [3.05, 3.63) is 155 Å². The first-order valence-corrected chi connectivity index (χ1v) is 32.7. The molecule has 0 spiro atoms. The Balaban J connectivity index is 0.748. The first kappa shape index (κ1) is 67.2. The second-order valence-electron chi connectivity index (χ2n) is 21.7. The summed E-state index contributed by atoms with van der Waals surface area (Å²) < 4.78 is 74.8. The maximum atomic E-state index is 13.8. The summed E-state index contributed by atoms with van der Waals surface area (Å²) in [5, 5.41) is 8.15. The largest absolute Gasteiger partial charge is 0.379 e. The van der Waals surface area contributed by atoms with Crippen LogP contribution in [0.5, 0.6) is 0 Å². The lowest BCUT2D eigenvalue weighted by Gasteiger charge is -2.26. The van der Waals surface area contributed by atoms with E-state index >= 15 is 0 Å². The molecule has 6 aromatic rings. The number of sulfonamides is 2. The number of carbonyl (C=O) groups excluding carboxylic acids is 5. The predicted molar refractivity (Wildman–Crippen MR) is 339 cm³/mol. The molecule has 4 heterocycles. The molecule has 2 aliphatic rings. The van der Waals surface area contributed by atoms with E-state index in [-0.39, 0.29) is 27.8 Å². The van der Waals surface area contributed by atoms with Crippen molar-refractivity contribution in [2.45, 2.75) is 82.9 Å². The van der Waals surface area contributed by atoms with Gasteiger partial charge in [0.05, 0.1) is 53.3 Å². The average molecular weight is 1280 g/mol. The van der Waals surface area contributed by atoms with Gasteiger partial charge in [-0.3, -0.25) is 75.2 Å². The van der Waals surface area contributed by atoms with Crippen LogP contribution in [-0.4, -0.2) is 135 Å². The SMILES string of the molecule is Cc1ccc(S(=O)(=O)Nc2ccc(NNC(=O)C(=O)NCCCN3CCOCC3)cc2)c(C)c1NOCc1ccc[n+](CCCC[n+]2cccc(C(=O)Nc3c(C)ccc(S(=O)(=O)Nc4ccc(NNC(=O)C(=O)NCCCN5CCOCC5)cc4)c3C)c2)c1. The lowest BCUT2D eigenvalue weighted by Crippen LogP contribution is -2.43. The number of aromatic nitrogens is 2. The van der Waals surface area contributed by atoms with Crippen molar-refractivity contribution in [3.63, 3.8) is 0 Å². The number of hydrogen-bond acceptors (Lipinski definition) is 17. The minimum atomic E-state index is -4.14. The molecule has 0 aliphatic carbocycles. The van der Waals surface area contributed by atoms with Crippen LogP contribution in [0.25, 0.3) is 0 Å². The zero-order chi connectivity index (χ0) is 64.0. The van der Waals surface area contributed by atoms with Crippen molar-refractivity contribution in [2.24, 2.45) is 0 Å². The van der Waals surface area contributed by atoms with Crippen LogP contribution in [0.2, 0.25) is 0 Å². The topological polar surface area (TPSA) is 316 Å². The molecule has 28 heteroatoms. The van der Waals surface area contributed by atoms with Gasteiger partial charge < -0.3 is 25.4 Å². The normalized spacial score (nSPS) is 13.7. The van der Waals surface area contributed by atoms with E-state index in [1.165, 1.54) is 48.5 Å². The van der Waals surface area contributed by atoms with Crippen LogP contribution in [0.15, 0.2) is 132 Å². The van der Waals surface area contributed by atoms with Gasteiger partial charge in [-0.1, -0.05) is 12.1 Å². The number of morpholine rings is 2. The number of carbonyl (C=O) groups is 5. The molecule has 90 heavy (non-hydrogen) atoms. The molecule has 0 bridgehead atoms. The Morgan fingerprint density at radius 3 is 1.47 bits per heavy atom. The Morgan fingerprint density at radius 1 is 0.522 bits per heavy atom. The standard InChI is InChI=1S/C62H78N14O12S2/c1-44-13-23-54(89(82,83)71-52-19-15-50(16-20-52)66-68-61(80)59(78)63-25-9-31-73-33-37-86-38-34-73)46(3)56(44)65-58(77)49-12-8-30-76(42-49)28-6-5-27-75-29-7-11-48(41-75)43-88-70-57-45(2)14-24-55(47(57)4)90(84,85)72-53-21-17-51(18-22-53)67-69-62(81)60(79)64-26-10-32-74-35-39-87-40-36-74/h7-8,11-24,29-30,41-42,70H,5-6,9-10,25-28,31-40,43H2,1-4H3,(H7-2,63,64,65,66,67,68,69,71,72,77,78,79,80,81)/p+2. The highest BCUT2D eigenvalue weighted by atomic mass is 32.2. The zero-order valence-corrected chi connectivity index (χ0v) is 52.6. The molecule has 0 radical (unpaired) electrons. The predicted octanol–water partition coefficient (Wildman–Crippen LogP) is 3.94. The Morgan fingerprint density at radius 2 is 0.967 bits per heavy atom. The molecule has 0 atom stereocenters. The van der Waals surface area contributed by atoms with E-state index in [0.29, 0.717) is 110 Å². The van der Waals surface area contributed by atoms with Crippen molar-refractivity contribution in [1.29, 1.82) is 0 Å². The lowest BCUT2D eigenvalue weighted by molar-refractivity contribution is -0.708. The number of rotatable bonds is 29. The van der Waals surface area contributed by atoms with E-state index in [2.05, 4.69) is 66.9 Å². The van der Waals surface area contributed by atoms with Crippen molar-refractivity contribution in [1.82, 2.24) is 31.3 Å². The number of ether oxygens (including phenoxy) is 2. The molecular formula is C62H80N14O12S2+2. The van der Waals surface area contributed by atoms with Crippen LogP contribution in [0.3, 0.4) is 0 Å². The summed E-state index contributed by atoms with van der Waals surface area (Å²) in [5.41, 5.74) is 18.7. The van der Waals surface area contributed by atoms with E-state index in [4.69, 9.17) is 14.3 Å². The smallest absolute Gasteiger partial charge is 0.327 e. The molecule has 0 unspecified atom stereocenters. The summed E-state index contributed by atoms with van der Waals surface area (Å²) in [4.78, 5) is 73.4. The van der Waals surface area contributed by atoms with Gasteiger partial charge in [-0.15, -0.1) is 0 Å². The third-order valence-electron chi connectivity index (χ3n) is 15.0. The maximum absolute atomic E-state index is 13.8. The monoisotopic (exact) mass is 1280 g/mol. The van der Waals surface area contributed by atoms with Crippen LogP contribution in [0.1, 0.15) is 63.9 Å². The summed E-state index contributed by atoms with van der Waals surface area (Å²) in [5.74, 6) is -3.70. The van der Waals surface area contributed by atoms with Crippen LogP contribution >= 0.6 is 0 Å². The Kier molecular flexibility index (Phi) is 24.4. The summed E-state index contributed by atoms with van der Waals surface area (Å²) in [6, 6.07) is 25.9. The number of benzene rings is 4. The second-order valence-corrected chi connectivity index (χ2v) is 25.0. The lowest BCUT2D eigenvalue weighted by atomic mass is 10.1. The van der Waals surface area contributed by atoms with Gasteiger partial charge in [-0.25, -0.2) is 26.0 Å². The highest BCUT2D eigenvalue weighted by Gasteiger charge is 2.25. The van der Waals surface area contributed by atoms with E-state index in [1.807, 2.05) is 42.2 Å². The first-order chi connectivity index (χ1) is 43.3. The Bertz CT molecular complexity index is 3700. The van der Waals surface area contributed by atoms with Gasteiger partial charge in [-0.05, 0) is 149 Å². The number of aryl methyl sites for hydroxylation is 4. The molecule has 2 saturated heterocycles. The molecule has 2 aliphatic heterocycles. The number of unbranched alkanes of at least 4 members (excludes halogenated alkanes) is 1. The van der Waals surface area contributed by atoms with Crippen molar-refractivity contribution < 1.29 is 64.3 Å². The summed E-state index contributed by atoms with van der Waals surface area (Å²) in [6.07, 6.45) is 10.6. The summed E-state index contributed by atoms with van der Waals surface area (Å²) in [7, 11) is -8.20. The summed E-state index contributed by atoms with van der Waals surface area (Å²) >= 11 is 0. The highest BCUT2D eigenvalue weighted by Crippen LogP contribution is 2.31. The third kappa shape index (κ3) is 19.9. The van der Waals surface area contributed by atoms with Gasteiger partial charge >= 0.3 is 23.6 Å². The molecular weight excluding hydrogens is 1200 g/mol. The van der Waals surface area contributed by atoms with Gasteiger partial charge in [0, 0.05) is 86.9 Å². The van der Waals surface area contributed by atoms with Crippen LogP contribution < -0.4 is 61.7 Å². The Labute approximate surface area is 524 Å². The number of hydrogen-bond donors (Lipinski definition) is 10. The molecule has 10 N–H and O–H groups in total. The van der Waals surface area contributed by atoms with Gasteiger partial charge in [0.25, 0.3) is 26.0 Å². The number of anilines is 6. The van der Waals surface area contributed by atoms with Crippen LogP contribution in [-0.2, 0) is 73.2 Å². The van der Waals surface area contributed by atoms with E-state index in [0.717, 1.165) is 63.2 Å². The maximum Gasteiger partial charge on any atom is 0.327 e. The van der Waals surface area contributed by atoms with E-state index < -0.39 is 49.6 Å². The fourth-order valence-corrected chi connectivity index (χ4v) is 12.6. The Hall–Kier alpha value is -8.77. The van der Waals surface area contributed by atoms with Crippen molar-refractivity contribution >= 4 is 83.7 Å². The fraction of sp³-hybridized carbons (Fsp3) is 0.371. The fourth-order valence-electron chi connectivity index (χ4n) is 10.0. The van der Waals surface area contributed by atoms with Crippen LogP contribution in [0, 0.1) is 27.7 Å². The number of nitrogens with one attached hydrogen (secondary N) is 10. The molecule has 0 saturated carbocycles. The number of pyridine rings is 2. The van der Waals surface area contributed by atoms with Crippen LogP contribution in [0.4, 0.5) is 34.1 Å². The van der Waals surface area contributed by atoms with Crippen molar-refractivity contribution in [3.8, 4) is 0 Å². The quantitative estimate of drug-likeness (QED) is 0.0138. The molecule has 480 valence electrons. The number of nitrogens with zero attached hydrogens (tertiary/aromatic N) is 4. The van der Waals surface area contributed by atoms with Gasteiger partial charge in [0.1, 0.15) is 25.3 Å². The highest BCUT2D eigenvalue weighted by molar-refractivity contribution is 7.93. The van der Waals surface area contributed by atoms with Gasteiger partial charge in [0.2, 0.25) is 0 Å².